The van der Waals surface area contributed by atoms with E-state index in [1.807, 2.05) is 0 Å². The standard InChI is InChI=1S/C25H56N3P/c1-7-13-19-26(20-14-8-2)25(29,27(21-15-9-3)22-16-10-4)28(23-17-11-5)24-18-12-6/h7-24,29H2,1-6H3. The van der Waals surface area contributed by atoms with Crippen LogP contribution >= 0.6 is 9.24 Å². The fourth-order valence-electron chi connectivity index (χ4n) is 4.02. The molecule has 1 atom stereocenters. The second-order valence-electron chi connectivity index (χ2n) is 8.77. The summed E-state index contributed by atoms with van der Waals surface area (Å²) in [7, 11) is 3.41. The van der Waals surface area contributed by atoms with Gasteiger partial charge >= 0.3 is 0 Å². The van der Waals surface area contributed by atoms with Gasteiger partial charge in [-0.3, -0.25) is 14.7 Å². The Hall–Kier alpha value is 0.310. The molecule has 0 aromatic rings. The fourth-order valence-corrected chi connectivity index (χ4v) is 4.79. The van der Waals surface area contributed by atoms with E-state index >= 15 is 0 Å². The van der Waals surface area contributed by atoms with Crippen molar-refractivity contribution < 1.29 is 0 Å². The van der Waals surface area contributed by atoms with Gasteiger partial charge in [0.1, 0.15) is 5.53 Å². The quantitative estimate of drug-likeness (QED) is 0.141. The Morgan fingerprint density at radius 3 is 0.724 bits per heavy atom. The minimum Gasteiger partial charge on any atom is -0.270 e. The first-order valence-corrected chi connectivity index (χ1v) is 13.7. The maximum Gasteiger partial charge on any atom is 0.144 e. The molecule has 0 bridgehead atoms. The van der Waals surface area contributed by atoms with E-state index in [9.17, 15) is 0 Å². The summed E-state index contributed by atoms with van der Waals surface area (Å²) >= 11 is 0. The molecule has 0 aliphatic rings. The van der Waals surface area contributed by atoms with Crippen LogP contribution in [0.15, 0.2) is 0 Å². The third-order valence-corrected chi connectivity index (χ3v) is 7.18. The monoisotopic (exact) mass is 429 g/mol. The van der Waals surface area contributed by atoms with E-state index in [0.29, 0.717) is 0 Å². The Kier molecular flexibility index (Phi) is 19.2. The van der Waals surface area contributed by atoms with Crippen LogP contribution in [0.4, 0.5) is 0 Å². The Morgan fingerprint density at radius 1 is 0.414 bits per heavy atom. The van der Waals surface area contributed by atoms with Gasteiger partial charge in [0.25, 0.3) is 0 Å². The average molecular weight is 430 g/mol. The summed E-state index contributed by atoms with van der Waals surface area (Å²) in [5.41, 5.74) is -0.0287. The molecule has 0 saturated carbocycles. The van der Waals surface area contributed by atoms with Crippen molar-refractivity contribution in [2.75, 3.05) is 39.3 Å². The Morgan fingerprint density at radius 2 is 0.586 bits per heavy atom. The zero-order chi connectivity index (χ0) is 22.0. The van der Waals surface area contributed by atoms with E-state index in [1.165, 1.54) is 116 Å². The molecule has 0 N–H and O–H groups in total. The second-order valence-corrected chi connectivity index (χ2v) is 9.54. The van der Waals surface area contributed by atoms with Gasteiger partial charge in [0.05, 0.1) is 0 Å². The van der Waals surface area contributed by atoms with Gasteiger partial charge in [-0.2, -0.15) is 0 Å². The van der Waals surface area contributed by atoms with Crippen LogP contribution < -0.4 is 0 Å². The fraction of sp³-hybridized carbons (Fsp3) is 1.00. The van der Waals surface area contributed by atoms with Gasteiger partial charge in [0.15, 0.2) is 0 Å². The molecule has 0 aliphatic carbocycles. The van der Waals surface area contributed by atoms with Gasteiger partial charge in [0, 0.05) is 39.3 Å². The van der Waals surface area contributed by atoms with Gasteiger partial charge in [-0.25, -0.2) is 0 Å². The van der Waals surface area contributed by atoms with Crippen LogP contribution in [0.2, 0.25) is 0 Å². The number of unbranched alkanes of at least 4 members (excludes halogenated alkanes) is 6. The SMILES string of the molecule is CCCCN(CCCC)C(P)(N(CCCC)CCCC)N(CCCC)CCCC. The summed E-state index contributed by atoms with van der Waals surface area (Å²) in [5, 5.41) is 0. The lowest BCUT2D eigenvalue weighted by Crippen LogP contribution is -2.67. The highest BCUT2D eigenvalue weighted by Gasteiger charge is 2.42. The average Bonchev–Trinajstić information content (AvgIpc) is 2.73. The molecule has 4 heteroatoms. The molecule has 0 radical (unpaired) electrons. The Labute approximate surface area is 187 Å². The molecule has 0 aromatic carbocycles. The van der Waals surface area contributed by atoms with E-state index < -0.39 is 0 Å². The molecule has 0 spiro atoms. The van der Waals surface area contributed by atoms with Crippen molar-refractivity contribution in [1.29, 1.82) is 0 Å². The van der Waals surface area contributed by atoms with Crippen molar-refractivity contribution in [3.8, 4) is 0 Å². The van der Waals surface area contributed by atoms with Crippen molar-refractivity contribution in [2.45, 2.75) is 124 Å². The molecule has 0 aromatic heterocycles. The number of hydrogen-bond acceptors (Lipinski definition) is 3. The highest BCUT2D eigenvalue weighted by atomic mass is 31.0. The largest absolute Gasteiger partial charge is 0.270 e. The molecule has 0 rings (SSSR count). The molecule has 0 aliphatic heterocycles. The van der Waals surface area contributed by atoms with Crippen LogP contribution in [0.25, 0.3) is 0 Å². The predicted octanol–water partition coefficient (Wildman–Crippen LogP) is 7.18. The van der Waals surface area contributed by atoms with Gasteiger partial charge in [-0.1, -0.05) is 89.3 Å². The lowest BCUT2D eigenvalue weighted by atomic mass is 10.2. The van der Waals surface area contributed by atoms with E-state index in [4.69, 9.17) is 0 Å². The molecule has 0 amide bonds. The molecular weight excluding hydrogens is 373 g/mol. The topological polar surface area (TPSA) is 9.72 Å². The molecular formula is C25H56N3P. The van der Waals surface area contributed by atoms with E-state index in [1.54, 1.807) is 0 Å². The van der Waals surface area contributed by atoms with E-state index in [0.717, 1.165) is 0 Å². The van der Waals surface area contributed by atoms with Crippen molar-refractivity contribution in [3.05, 3.63) is 0 Å². The molecule has 1 unspecified atom stereocenters. The molecule has 3 nitrogen and oxygen atoms in total. The number of hydrogen-bond donors (Lipinski definition) is 0. The summed E-state index contributed by atoms with van der Waals surface area (Å²) in [4.78, 5) is 8.50. The Balaban J connectivity index is 6.01. The summed E-state index contributed by atoms with van der Waals surface area (Å²) in [6, 6.07) is 0. The Bertz CT molecular complexity index is 277. The first-order chi connectivity index (χ1) is 14.1. The molecule has 29 heavy (non-hydrogen) atoms. The molecule has 0 fully saturated rings. The van der Waals surface area contributed by atoms with Crippen molar-refractivity contribution >= 4 is 9.24 Å². The van der Waals surface area contributed by atoms with Crippen molar-refractivity contribution in [3.63, 3.8) is 0 Å². The van der Waals surface area contributed by atoms with Crippen LogP contribution in [-0.4, -0.2) is 59.5 Å². The van der Waals surface area contributed by atoms with Crippen LogP contribution in [0, 0.1) is 0 Å². The van der Waals surface area contributed by atoms with Gasteiger partial charge in [-0.15, -0.1) is 0 Å². The van der Waals surface area contributed by atoms with Crippen LogP contribution in [0.1, 0.15) is 119 Å². The zero-order valence-electron chi connectivity index (χ0n) is 21.1. The molecule has 0 saturated heterocycles. The first-order valence-electron chi connectivity index (χ1n) is 13.1. The van der Waals surface area contributed by atoms with E-state index in [2.05, 4.69) is 65.5 Å². The maximum atomic E-state index is 3.41. The van der Waals surface area contributed by atoms with Crippen LogP contribution in [0.3, 0.4) is 0 Å². The molecule has 0 heterocycles. The van der Waals surface area contributed by atoms with Gasteiger partial charge in [-0.05, 0) is 38.5 Å². The smallest absolute Gasteiger partial charge is 0.144 e. The third kappa shape index (κ3) is 10.9. The van der Waals surface area contributed by atoms with Crippen molar-refractivity contribution in [1.82, 2.24) is 14.7 Å². The van der Waals surface area contributed by atoms with E-state index in [-0.39, 0.29) is 5.53 Å². The summed E-state index contributed by atoms with van der Waals surface area (Å²) in [5.74, 6) is 0. The highest BCUT2D eigenvalue weighted by Crippen LogP contribution is 2.35. The molecule has 176 valence electrons. The van der Waals surface area contributed by atoms with Crippen LogP contribution in [0.5, 0.6) is 0 Å². The summed E-state index contributed by atoms with van der Waals surface area (Å²) in [6.45, 7) is 21.3. The van der Waals surface area contributed by atoms with Crippen molar-refractivity contribution in [2.24, 2.45) is 0 Å². The first kappa shape index (κ1) is 29.3. The lowest BCUT2D eigenvalue weighted by Gasteiger charge is -2.55. The number of nitrogens with zero attached hydrogens (tertiary/aromatic N) is 3. The second kappa shape index (κ2) is 19.0. The van der Waals surface area contributed by atoms with Gasteiger partial charge < -0.3 is 0 Å². The predicted molar refractivity (Wildman–Crippen MR) is 137 cm³/mol. The van der Waals surface area contributed by atoms with Crippen LogP contribution in [-0.2, 0) is 0 Å². The minimum absolute atomic E-state index is 0.0287. The summed E-state index contributed by atoms with van der Waals surface area (Å²) in [6.07, 6.45) is 15.4. The highest BCUT2D eigenvalue weighted by molar-refractivity contribution is 7.18. The maximum absolute atomic E-state index is 3.41. The lowest BCUT2D eigenvalue weighted by molar-refractivity contribution is -0.106. The minimum atomic E-state index is -0.0287. The normalized spacial score (nSPS) is 12.6. The summed E-state index contributed by atoms with van der Waals surface area (Å²) < 4.78 is 0. The third-order valence-electron chi connectivity index (χ3n) is 6.09. The zero-order valence-corrected chi connectivity index (χ0v) is 22.3. The number of rotatable bonds is 21. The van der Waals surface area contributed by atoms with Gasteiger partial charge in [0.2, 0.25) is 0 Å².